The number of halogens is 2. The molecule has 1 atom stereocenters. The van der Waals surface area contributed by atoms with Crippen LogP contribution >= 0.6 is 31.9 Å². The predicted octanol–water partition coefficient (Wildman–Crippen LogP) is 2.39. The van der Waals surface area contributed by atoms with Gasteiger partial charge in [-0.15, -0.1) is 6.42 Å². The third-order valence-corrected chi connectivity index (χ3v) is 2.72. The van der Waals surface area contributed by atoms with Crippen LogP contribution in [0.2, 0.25) is 0 Å². The fourth-order valence-electron chi connectivity index (χ4n) is 1.00. The molecule has 1 aromatic rings. The molecule has 0 aliphatic rings. The first-order valence-electron chi connectivity index (χ1n) is 4.06. The van der Waals surface area contributed by atoms with E-state index in [9.17, 15) is 0 Å². The smallest absolute Gasteiger partial charge is 0.140 e. The molecule has 0 radical (unpaired) electrons. The van der Waals surface area contributed by atoms with E-state index in [1.54, 1.807) is 6.20 Å². The summed E-state index contributed by atoms with van der Waals surface area (Å²) < 4.78 is 1.62. The highest BCUT2D eigenvalue weighted by Gasteiger charge is 2.14. The van der Waals surface area contributed by atoms with Gasteiger partial charge in [-0.05, 0) is 37.9 Å². The lowest BCUT2D eigenvalue weighted by molar-refractivity contribution is 0.668. The second-order valence-electron chi connectivity index (χ2n) is 2.67. The summed E-state index contributed by atoms with van der Waals surface area (Å²) in [6.45, 7) is 0.336. The minimum absolute atomic E-state index is 0.336. The van der Waals surface area contributed by atoms with Crippen LogP contribution < -0.4 is 5.32 Å². The van der Waals surface area contributed by atoms with Crippen LogP contribution in [0.5, 0.6) is 0 Å². The molecule has 1 unspecified atom stereocenters. The molecular formula is C10H7Br2N3. The Kier molecular flexibility index (Phi) is 4.77. The zero-order valence-electron chi connectivity index (χ0n) is 7.67. The molecule has 0 saturated carbocycles. The molecule has 0 aromatic carbocycles. The van der Waals surface area contributed by atoms with E-state index >= 15 is 0 Å². The molecule has 3 nitrogen and oxygen atoms in total. The molecule has 0 spiro atoms. The number of aromatic nitrogens is 1. The van der Waals surface area contributed by atoms with Gasteiger partial charge >= 0.3 is 0 Å². The van der Waals surface area contributed by atoms with E-state index in [1.807, 2.05) is 6.07 Å². The van der Waals surface area contributed by atoms with E-state index in [0.717, 1.165) is 8.95 Å². The van der Waals surface area contributed by atoms with Gasteiger partial charge in [-0.25, -0.2) is 0 Å². The lowest BCUT2D eigenvalue weighted by Gasteiger charge is -2.10. The van der Waals surface area contributed by atoms with Crippen LogP contribution in [-0.4, -0.2) is 11.5 Å². The van der Waals surface area contributed by atoms with Crippen LogP contribution in [0.25, 0.3) is 0 Å². The summed E-state index contributed by atoms with van der Waals surface area (Å²) in [4.78, 5) is 4.15. The SMILES string of the molecule is C#CCNC(C#N)c1ncc(Br)cc1Br. The number of rotatable bonds is 3. The molecule has 0 fully saturated rings. The molecule has 5 heteroatoms. The van der Waals surface area contributed by atoms with Crippen LogP contribution in [0.1, 0.15) is 11.7 Å². The third-order valence-electron chi connectivity index (χ3n) is 1.65. The molecule has 15 heavy (non-hydrogen) atoms. The Morgan fingerprint density at radius 1 is 1.60 bits per heavy atom. The number of nitriles is 1. The number of terminal acetylenes is 1. The summed E-state index contributed by atoms with van der Waals surface area (Å²) in [7, 11) is 0. The highest BCUT2D eigenvalue weighted by Crippen LogP contribution is 2.24. The van der Waals surface area contributed by atoms with Gasteiger partial charge < -0.3 is 0 Å². The van der Waals surface area contributed by atoms with Crippen molar-refractivity contribution in [2.75, 3.05) is 6.54 Å². The number of hydrogen-bond acceptors (Lipinski definition) is 3. The number of nitrogens with one attached hydrogen (secondary N) is 1. The lowest BCUT2D eigenvalue weighted by Crippen LogP contribution is -2.21. The Morgan fingerprint density at radius 2 is 2.33 bits per heavy atom. The average molecular weight is 329 g/mol. The Hall–Kier alpha value is -0.880. The number of hydrogen-bond donors (Lipinski definition) is 1. The van der Waals surface area contributed by atoms with Gasteiger partial charge in [-0.3, -0.25) is 10.3 Å². The summed E-state index contributed by atoms with van der Waals surface area (Å²) in [6.07, 6.45) is 6.75. The second kappa shape index (κ2) is 5.87. The lowest BCUT2D eigenvalue weighted by atomic mass is 10.2. The molecule has 0 aliphatic carbocycles. The van der Waals surface area contributed by atoms with Gasteiger partial charge in [0.15, 0.2) is 0 Å². The van der Waals surface area contributed by atoms with Gasteiger partial charge in [0.25, 0.3) is 0 Å². The molecule has 0 amide bonds. The second-order valence-corrected chi connectivity index (χ2v) is 4.44. The molecular weight excluding hydrogens is 322 g/mol. The van der Waals surface area contributed by atoms with Crippen molar-refractivity contribution in [2.24, 2.45) is 0 Å². The minimum atomic E-state index is -0.497. The molecule has 76 valence electrons. The molecule has 0 saturated heterocycles. The largest absolute Gasteiger partial charge is 0.286 e. The Balaban J connectivity index is 2.94. The normalized spacial score (nSPS) is 11.5. The highest BCUT2D eigenvalue weighted by atomic mass is 79.9. The summed E-state index contributed by atoms with van der Waals surface area (Å²) in [5.41, 5.74) is 0.635. The Labute approximate surface area is 105 Å². The number of nitrogens with zero attached hydrogens (tertiary/aromatic N) is 2. The molecule has 0 aliphatic heterocycles. The predicted molar refractivity (Wildman–Crippen MR) is 64.8 cm³/mol. The van der Waals surface area contributed by atoms with Crippen LogP contribution in [0.3, 0.4) is 0 Å². The zero-order valence-corrected chi connectivity index (χ0v) is 10.8. The monoisotopic (exact) mass is 327 g/mol. The van der Waals surface area contributed by atoms with Gasteiger partial charge in [0.1, 0.15) is 6.04 Å². The van der Waals surface area contributed by atoms with Gasteiger partial charge in [0.2, 0.25) is 0 Å². The topological polar surface area (TPSA) is 48.7 Å². The van der Waals surface area contributed by atoms with Crippen molar-refractivity contribution in [1.29, 1.82) is 5.26 Å². The van der Waals surface area contributed by atoms with Gasteiger partial charge in [0.05, 0.1) is 18.3 Å². The van der Waals surface area contributed by atoms with Crippen molar-refractivity contribution < 1.29 is 0 Å². The van der Waals surface area contributed by atoms with E-state index < -0.39 is 6.04 Å². The first kappa shape index (κ1) is 12.2. The van der Waals surface area contributed by atoms with Crippen LogP contribution in [0, 0.1) is 23.7 Å². The van der Waals surface area contributed by atoms with Gasteiger partial charge in [0, 0.05) is 15.1 Å². The van der Waals surface area contributed by atoms with Crippen molar-refractivity contribution in [3.63, 3.8) is 0 Å². The molecule has 1 heterocycles. The summed E-state index contributed by atoms with van der Waals surface area (Å²) in [5, 5.41) is 11.8. The van der Waals surface area contributed by atoms with Crippen LogP contribution in [-0.2, 0) is 0 Å². The fourth-order valence-corrected chi connectivity index (χ4v) is 2.22. The first-order valence-corrected chi connectivity index (χ1v) is 5.65. The highest BCUT2D eigenvalue weighted by molar-refractivity contribution is 9.11. The minimum Gasteiger partial charge on any atom is -0.286 e. The van der Waals surface area contributed by atoms with E-state index in [4.69, 9.17) is 11.7 Å². The fraction of sp³-hybridized carbons (Fsp3) is 0.200. The van der Waals surface area contributed by atoms with Gasteiger partial charge in [-0.1, -0.05) is 5.92 Å². The van der Waals surface area contributed by atoms with Crippen LogP contribution in [0.4, 0.5) is 0 Å². The Bertz CT molecular complexity index is 431. The summed E-state index contributed by atoms with van der Waals surface area (Å²) in [5.74, 6) is 2.42. The van der Waals surface area contributed by atoms with E-state index in [1.165, 1.54) is 0 Å². The van der Waals surface area contributed by atoms with Crippen molar-refractivity contribution >= 4 is 31.9 Å². The van der Waals surface area contributed by atoms with Crippen molar-refractivity contribution in [2.45, 2.75) is 6.04 Å². The maximum atomic E-state index is 8.95. The Morgan fingerprint density at radius 3 is 2.87 bits per heavy atom. The summed E-state index contributed by atoms with van der Waals surface area (Å²) in [6, 6.07) is 3.44. The molecule has 1 N–H and O–H groups in total. The third kappa shape index (κ3) is 3.32. The van der Waals surface area contributed by atoms with Crippen LogP contribution in [0.15, 0.2) is 21.2 Å². The maximum absolute atomic E-state index is 8.95. The molecule has 0 bridgehead atoms. The molecule has 1 rings (SSSR count). The maximum Gasteiger partial charge on any atom is 0.140 e. The summed E-state index contributed by atoms with van der Waals surface area (Å²) >= 11 is 6.64. The van der Waals surface area contributed by atoms with Crippen molar-refractivity contribution in [1.82, 2.24) is 10.3 Å². The average Bonchev–Trinajstić information content (AvgIpc) is 2.21. The molecule has 1 aromatic heterocycles. The zero-order chi connectivity index (χ0) is 11.3. The first-order chi connectivity index (χ1) is 7.19. The quantitative estimate of drug-likeness (QED) is 0.867. The van der Waals surface area contributed by atoms with E-state index in [-0.39, 0.29) is 0 Å². The number of pyridine rings is 1. The van der Waals surface area contributed by atoms with E-state index in [2.05, 4.69) is 54.2 Å². The van der Waals surface area contributed by atoms with Crippen molar-refractivity contribution in [3.8, 4) is 18.4 Å². The standard InChI is InChI=1S/C10H7Br2N3/c1-2-3-14-9(5-13)10-8(12)4-7(11)6-15-10/h1,4,6,9,14H,3H2. The van der Waals surface area contributed by atoms with Gasteiger partial charge in [-0.2, -0.15) is 5.26 Å². The van der Waals surface area contributed by atoms with Crippen molar-refractivity contribution in [3.05, 3.63) is 26.9 Å². The van der Waals surface area contributed by atoms with E-state index in [0.29, 0.717) is 12.2 Å².